The second kappa shape index (κ2) is 11.0. The fraction of sp³-hybridized carbons (Fsp3) is 0.417. The predicted molar refractivity (Wildman–Crippen MR) is 125 cm³/mol. The van der Waals surface area contributed by atoms with Crippen LogP contribution in [0.1, 0.15) is 30.7 Å². The topological polar surface area (TPSA) is 88.0 Å². The molecule has 2 aromatic carbocycles. The molecular formula is C24H30FN7O. The molecule has 9 heteroatoms. The lowest BCUT2D eigenvalue weighted by molar-refractivity contribution is 0.172. The summed E-state index contributed by atoms with van der Waals surface area (Å²) in [6, 6.07) is 14.0. The fourth-order valence-corrected chi connectivity index (χ4v) is 4.34. The summed E-state index contributed by atoms with van der Waals surface area (Å²) in [7, 11) is 0. The number of benzene rings is 2. The van der Waals surface area contributed by atoms with E-state index in [2.05, 4.69) is 31.1 Å². The first-order valence-corrected chi connectivity index (χ1v) is 11.4. The van der Waals surface area contributed by atoms with Crippen LogP contribution >= 0.6 is 0 Å². The zero-order chi connectivity index (χ0) is 23.0. The Bertz CT molecular complexity index is 1050. The van der Waals surface area contributed by atoms with Crippen molar-refractivity contribution in [3.63, 3.8) is 0 Å². The van der Waals surface area contributed by atoms with Crippen LogP contribution in [-0.4, -0.2) is 57.3 Å². The first-order chi connectivity index (χ1) is 16.1. The van der Waals surface area contributed by atoms with Gasteiger partial charge in [0.2, 0.25) is 0 Å². The minimum atomic E-state index is -0.228. The van der Waals surface area contributed by atoms with Crippen molar-refractivity contribution in [3.05, 3.63) is 65.7 Å². The van der Waals surface area contributed by atoms with E-state index >= 15 is 0 Å². The number of aromatic nitrogens is 4. The van der Waals surface area contributed by atoms with Crippen LogP contribution in [0.2, 0.25) is 0 Å². The van der Waals surface area contributed by atoms with Crippen molar-refractivity contribution in [1.29, 1.82) is 0 Å². The standard InChI is InChI=1S/C24H30FN7O/c1-18-28-29-30-32(18)23-7-2-6-22(16-23)27-24(33)26-12-4-14-31-13-3-5-20(17-31)15-19-8-10-21(25)11-9-19/h2,6-11,16,20H,3-5,12-15,17H2,1H3,(H2,26,27,33). The van der Waals surface area contributed by atoms with Gasteiger partial charge < -0.3 is 15.5 Å². The van der Waals surface area contributed by atoms with E-state index in [1.54, 1.807) is 4.68 Å². The van der Waals surface area contributed by atoms with Gasteiger partial charge >= 0.3 is 6.03 Å². The van der Waals surface area contributed by atoms with Crippen LogP contribution < -0.4 is 10.6 Å². The Hall–Kier alpha value is -3.33. The summed E-state index contributed by atoms with van der Waals surface area (Å²) in [6.45, 7) is 5.52. The second-order valence-electron chi connectivity index (χ2n) is 8.56. The lowest BCUT2D eigenvalue weighted by Gasteiger charge is -2.32. The first-order valence-electron chi connectivity index (χ1n) is 11.4. The molecule has 1 aliphatic heterocycles. The van der Waals surface area contributed by atoms with Gasteiger partial charge in [-0.2, -0.15) is 4.68 Å². The molecule has 2 amide bonds. The smallest absolute Gasteiger partial charge is 0.319 e. The highest BCUT2D eigenvalue weighted by Gasteiger charge is 2.20. The molecule has 1 aromatic heterocycles. The van der Waals surface area contributed by atoms with Crippen LogP contribution in [0.5, 0.6) is 0 Å². The van der Waals surface area contributed by atoms with E-state index in [4.69, 9.17) is 0 Å². The number of hydrogen-bond donors (Lipinski definition) is 2. The van der Waals surface area contributed by atoms with E-state index < -0.39 is 0 Å². The van der Waals surface area contributed by atoms with Gasteiger partial charge in [-0.15, -0.1) is 5.10 Å². The molecule has 33 heavy (non-hydrogen) atoms. The number of tetrazole rings is 1. The maximum absolute atomic E-state index is 13.1. The first kappa shape index (κ1) is 22.8. The van der Waals surface area contributed by atoms with Gasteiger partial charge in [0.25, 0.3) is 0 Å². The molecule has 8 nitrogen and oxygen atoms in total. The van der Waals surface area contributed by atoms with E-state index in [0.29, 0.717) is 24.0 Å². The summed E-state index contributed by atoms with van der Waals surface area (Å²) in [5, 5.41) is 17.3. The SMILES string of the molecule is Cc1nnnn1-c1cccc(NC(=O)NCCCN2CCCC(Cc3ccc(F)cc3)C2)c1. The number of nitrogens with one attached hydrogen (secondary N) is 2. The molecule has 0 aliphatic carbocycles. The Morgan fingerprint density at radius 3 is 2.85 bits per heavy atom. The molecule has 1 fully saturated rings. The monoisotopic (exact) mass is 451 g/mol. The van der Waals surface area contributed by atoms with E-state index in [-0.39, 0.29) is 11.8 Å². The van der Waals surface area contributed by atoms with Gasteiger partial charge in [0.15, 0.2) is 5.82 Å². The lowest BCUT2D eigenvalue weighted by atomic mass is 9.91. The highest BCUT2D eigenvalue weighted by molar-refractivity contribution is 5.89. The van der Waals surface area contributed by atoms with E-state index in [1.807, 2.05) is 43.3 Å². The molecule has 1 unspecified atom stereocenters. The number of carbonyl (C=O) groups is 1. The Balaban J connectivity index is 1.17. The normalized spacial score (nSPS) is 16.5. The zero-order valence-electron chi connectivity index (χ0n) is 18.9. The summed E-state index contributed by atoms with van der Waals surface area (Å²) in [5.74, 6) is 1.08. The molecule has 0 saturated carbocycles. The van der Waals surface area contributed by atoms with Crippen molar-refractivity contribution in [2.24, 2.45) is 5.92 Å². The van der Waals surface area contributed by atoms with Crippen LogP contribution in [0.25, 0.3) is 5.69 Å². The third-order valence-electron chi connectivity index (χ3n) is 5.95. The molecular weight excluding hydrogens is 421 g/mol. The van der Waals surface area contributed by atoms with Crippen LogP contribution in [-0.2, 0) is 6.42 Å². The number of rotatable bonds is 8. The van der Waals surface area contributed by atoms with Crippen molar-refractivity contribution in [2.45, 2.75) is 32.6 Å². The number of nitrogens with zero attached hydrogens (tertiary/aromatic N) is 5. The molecule has 0 radical (unpaired) electrons. The minimum Gasteiger partial charge on any atom is -0.338 e. The number of halogens is 1. The number of carbonyl (C=O) groups excluding carboxylic acids is 1. The molecule has 2 heterocycles. The maximum atomic E-state index is 13.1. The molecule has 2 N–H and O–H groups in total. The lowest BCUT2D eigenvalue weighted by Crippen LogP contribution is -2.38. The van der Waals surface area contributed by atoms with Gasteiger partial charge in [0.1, 0.15) is 5.82 Å². The molecule has 3 aromatic rings. The van der Waals surface area contributed by atoms with Crippen LogP contribution in [0.4, 0.5) is 14.9 Å². The number of piperidine rings is 1. The number of anilines is 1. The van der Waals surface area contributed by atoms with E-state index in [1.165, 1.54) is 30.5 Å². The van der Waals surface area contributed by atoms with Gasteiger partial charge in [-0.1, -0.05) is 18.2 Å². The molecule has 1 saturated heterocycles. The van der Waals surface area contributed by atoms with Gasteiger partial charge in [-0.3, -0.25) is 0 Å². The Labute approximate surface area is 193 Å². The predicted octanol–water partition coefficient (Wildman–Crippen LogP) is 3.58. The van der Waals surface area contributed by atoms with Crippen molar-refractivity contribution in [1.82, 2.24) is 30.4 Å². The average molecular weight is 452 g/mol. The highest BCUT2D eigenvalue weighted by atomic mass is 19.1. The molecule has 0 spiro atoms. The van der Waals surface area contributed by atoms with Crippen LogP contribution in [0, 0.1) is 18.7 Å². The Kier molecular flexibility index (Phi) is 7.62. The third-order valence-corrected chi connectivity index (χ3v) is 5.95. The summed E-state index contributed by atoms with van der Waals surface area (Å²) >= 11 is 0. The molecule has 0 bridgehead atoms. The number of likely N-dealkylation sites (tertiary alicyclic amines) is 1. The van der Waals surface area contributed by atoms with Gasteiger partial charge in [0, 0.05) is 18.8 Å². The van der Waals surface area contributed by atoms with Crippen molar-refractivity contribution >= 4 is 11.7 Å². The Morgan fingerprint density at radius 1 is 1.21 bits per heavy atom. The average Bonchev–Trinajstić information content (AvgIpc) is 3.25. The molecule has 1 aliphatic rings. The van der Waals surface area contributed by atoms with Gasteiger partial charge in [-0.05, 0) is 97.9 Å². The van der Waals surface area contributed by atoms with Gasteiger partial charge in [0.05, 0.1) is 5.69 Å². The van der Waals surface area contributed by atoms with E-state index in [9.17, 15) is 9.18 Å². The highest BCUT2D eigenvalue weighted by Crippen LogP contribution is 2.21. The summed E-state index contributed by atoms with van der Waals surface area (Å²) in [6.07, 6.45) is 4.26. The van der Waals surface area contributed by atoms with Gasteiger partial charge in [-0.25, -0.2) is 9.18 Å². The second-order valence-corrected chi connectivity index (χ2v) is 8.56. The van der Waals surface area contributed by atoms with Crippen molar-refractivity contribution in [2.75, 3.05) is 31.5 Å². The minimum absolute atomic E-state index is 0.184. The number of urea groups is 1. The third kappa shape index (κ3) is 6.58. The number of hydrogen-bond acceptors (Lipinski definition) is 5. The summed E-state index contributed by atoms with van der Waals surface area (Å²) in [4.78, 5) is 14.8. The molecule has 4 rings (SSSR count). The number of aryl methyl sites for hydroxylation is 1. The van der Waals surface area contributed by atoms with Crippen LogP contribution in [0.15, 0.2) is 48.5 Å². The molecule has 1 atom stereocenters. The van der Waals surface area contributed by atoms with Crippen molar-refractivity contribution < 1.29 is 9.18 Å². The number of amides is 2. The quantitative estimate of drug-likeness (QED) is 0.511. The van der Waals surface area contributed by atoms with Crippen LogP contribution in [0.3, 0.4) is 0 Å². The van der Waals surface area contributed by atoms with Crippen molar-refractivity contribution in [3.8, 4) is 5.69 Å². The summed E-state index contributed by atoms with van der Waals surface area (Å²) < 4.78 is 14.7. The zero-order valence-corrected chi connectivity index (χ0v) is 18.9. The molecule has 174 valence electrons. The fourth-order valence-electron chi connectivity index (χ4n) is 4.34. The maximum Gasteiger partial charge on any atom is 0.319 e. The van der Waals surface area contributed by atoms with E-state index in [0.717, 1.165) is 38.2 Å². The summed E-state index contributed by atoms with van der Waals surface area (Å²) in [5.41, 5.74) is 2.66. The Morgan fingerprint density at radius 2 is 2.06 bits per heavy atom. The largest absolute Gasteiger partial charge is 0.338 e.